The van der Waals surface area contributed by atoms with Gasteiger partial charge in [0.05, 0.1) is 14.2 Å². The van der Waals surface area contributed by atoms with Crippen molar-refractivity contribution in [2.45, 2.75) is 0 Å². The van der Waals surface area contributed by atoms with Crippen molar-refractivity contribution in [2.75, 3.05) is 14.2 Å². The second kappa shape index (κ2) is 6.13. The minimum Gasteiger partial charge on any atom is -0.493 e. The molecule has 22 heavy (non-hydrogen) atoms. The molecule has 0 fully saturated rings. The van der Waals surface area contributed by atoms with Crippen LogP contribution in [0.5, 0.6) is 11.5 Å². The van der Waals surface area contributed by atoms with Gasteiger partial charge in [-0.1, -0.05) is 6.07 Å². The number of nitrogens with zero attached hydrogens (tertiary/aromatic N) is 1. The van der Waals surface area contributed by atoms with E-state index in [1.807, 2.05) is 0 Å². The van der Waals surface area contributed by atoms with E-state index in [-0.39, 0.29) is 11.4 Å². The predicted molar refractivity (Wildman–Crippen MR) is 76.7 cm³/mol. The highest BCUT2D eigenvalue weighted by Crippen LogP contribution is 2.32. The highest BCUT2D eigenvalue weighted by atomic mass is 16.5. The van der Waals surface area contributed by atoms with Crippen LogP contribution < -0.4 is 9.47 Å². The first-order chi connectivity index (χ1) is 10.5. The van der Waals surface area contributed by atoms with Gasteiger partial charge in [-0.25, -0.2) is 14.6 Å². The van der Waals surface area contributed by atoms with Crippen LogP contribution >= 0.6 is 0 Å². The van der Waals surface area contributed by atoms with Gasteiger partial charge in [0.2, 0.25) is 0 Å². The molecule has 114 valence electrons. The lowest BCUT2D eigenvalue weighted by Crippen LogP contribution is -2.07. The maximum atomic E-state index is 11.1. The number of ether oxygens (including phenoxy) is 2. The Morgan fingerprint density at radius 2 is 1.41 bits per heavy atom. The van der Waals surface area contributed by atoms with Crippen LogP contribution in [0, 0.1) is 0 Å². The SMILES string of the molecule is COc1ccc(-c2cc(C(=O)O)nc(C(=O)O)c2)cc1OC. The van der Waals surface area contributed by atoms with Crippen molar-refractivity contribution < 1.29 is 29.3 Å². The van der Waals surface area contributed by atoms with E-state index in [0.29, 0.717) is 22.6 Å². The maximum Gasteiger partial charge on any atom is 0.354 e. The summed E-state index contributed by atoms with van der Waals surface area (Å²) in [6, 6.07) is 7.56. The molecule has 0 aliphatic heterocycles. The Kier molecular flexibility index (Phi) is 4.26. The van der Waals surface area contributed by atoms with Gasteiger partial charge < -0.3 is 19.7 Å². The highest BCUT2D eigenvalue weighted by Gasteiger charge is 2.15. The molecule has 0 saturated carbocycles. The van der Waals surface area contributed by atoms with E-state index in [9.17, 15) is 9.59 Å². The minimum atomic E-state index is -1.30. The fourth-order valence-corrected chi connectivity index (χ4v) is 1.93. The molecule has 1 heterocycles. The van der Waals surface area contributed by atoms with E-state index >= 15 is 0 Å². The Morgan fingerprint density at radius 3 is 1.86 bits per heavy atom. The molecule has 2 N–H and O–H groups in total. The van der Waals surface area contributed by atoms with Crippen LogP contribution in [-0.2, 0) is 0 Å². The maximum absolute atomic E-state index is 11.1. The van der Waals surface area contributed by atoms with E-state index in [1.54, 1.807) is 18.2 Å². The molecule has 0 bridgehead atoms. The fraction of sp³-hybridized carbons (Fsp3) is 0.133. The predicted octanol–water partition coefficient (Wildman–Crippen LogP) is 2.16. The number of benzene rings is 1. The van der Waals surface area contributed by atoms with Crippen LogP contribution in [-0.4, -0.2) is 41.4 Å². The second-order valence-electron chi connectivity index (χ2n) is 4.31. The summed E-state index contributed by atoms with van der Waals surface area (Å²) in [6.45, 7) is 0. The normalized spacial score (nSPS) is 10.1. The molecule has 0 atom stereocenters. The molecule has 0 aliphatic rings. The Labute approximate surface area is 125 Å². The number of rotatable bonds is 5. The van der Waals surface area contributed by atoms with Crippen LogP contribution in [0.2, 0.25) is 0 Å². The van der Waals surface area contributed by atoms with Crippen molar-refractivity contribution in [1.29, 1.82) is 0 Å². The molecule has 0 aliphatic carbocycles. The zero-order chi connectivity index (χ0) is 16.3. The first-order valence-electron chi connectivity index (χ1n) is 6.17. The van der Waals surface area contributed by atoms with Crippen molar-refractivity contribution in [1.82, 2.24) is 4.98 Å². The Bertz CT molecular complexity index is 709. The summed E-state index contributed by atoms with van der Waals surface area (Å²) in [5, 5.41) is 18.1. The van der Waals surface area contributed by atoms with Crippen LogP contribution in [0.1, 0.15) is 21.0 Å². The van der Waals surface area contributed by atoms with E-state index in [1.165, 1.54) is 26.4 Å². The molecule has 7 heteroatoms. The summed E-state index contributed by atoms with van der Waals surface area (Å²) >= 11 is 0. The third-order valence-electron chi connectivity index (χ3n) is 2.98. The second-order valence-corrected chi connectivity index (χ2v) is 4.31. The topological polar surface area (TPSA) is 106 Å². The average Bonchev–Trinajstić information content (AvgIpc) is 2.53. The molecule has 7 nitrogen and oxygen atoms in total. The van der Waals surface area contributed by atoms with Crippen molar-refractivity contribution in [3.05, 3.63) is 41.7 Å². The number of carbonyl (C=O) groups is 2. The lowest BCUT2D eigenvalue weighted by molar-refractivity contribution is 0.0685. The van der Waals surface area contributed by atoms with Gasteiger partial charge in [0.1, 0.15) is 11.4 Å². The molecule has 1 aromatic carbocycles. The fourth-order valence-electron chi connectivity index (χ4n) is 1.93. The Morgan fingerprint density at radius 1 is 0.864 bits per heavy atom. The van der Waals surface area contributed by atoms with Gasteiger partial charge in [-0.05, 0) is 35.4 Å². The lowest BCUT2D eigenvalue weighted by Gasteiger charge is -2.10. The molecule has 0 spiro atoms. The number of hydrogen-bond acceptors (Lipinski definition) is 5. The largest absolute Gasteiger partial charge is 0.493 e. The number of methoxy groups -OCH3 is 2. The smallest absolute Gasteiger partial charge is 0.354 e. The third-order valence-corrected chi connectivity index (χ3v) is 2.98. The van der Waals surface area contributed by atoms with Crippen molar-refractivity contribution in [3.63, 3.8) is 0 Å². The zero-order valence-electron chi connectivity index (χ0n) is 11.9. The quantitative estimate of drug-likeness (QED) is 0.871. The number of aromatic nitrogens is 1. The summed E-state index contributed by atoms with van der Waals surface area (Å²) in [7, 11) is 2.97. The lowest BCUT2D eigenvalue weighted by atomic mass is 10.0. The average molecular weight is 303 g/mol. The molecule has 0 amide bonds. The monoisotopic (exact) mass is 303 g/mol. The number of aromatic carboxylic acids is 2. The number of pyridine rings is 1. The van der Waals surface area contributed by atoms with Crippen molar-refractivity contribution in [3.8, 4) is 22.6 Å². The van der Waals surface area contributed by atoms with E-state index in [0.717, 1.165) is 0 Å². The van der Waals surface area contributed by atoms with Gasteiger partial charge in [-0.2, -0.15) is 0 Å². The number of hydrogen-bond donors (Lipinski definition) is 2. The van der Waals surface area contributed by atoms with E-state index < -0.39 is 11.9 Å². The van der Waals surface area contributed by atoms with Crippen molar-refractivity contribution in [2.24, 2.45) is 0 Å². The Hall–Kier alpha value is -3.09. The molecular weight excluding hydrogens is 290 g/mol. The van der Waals surface area contributed by atoms with Crippen LogP contribution in [0.4, 0.5) is 0 Å². The minimum absolute atomic E-state index is 0.343. The van der Waals surface area contributed by atoms with Gasteiger partial charge >= 0.3 is 11.9 Å². The molecule has 1 aromatic heterocycles. The van der Waals surface area contributed by atoms with Gasteiger partial charge in [0.15, 0.2) is 11.5 Å². The van der Waals surface area contributed by atoms with Crippen molar-refractivity contribution >= 4 is 11.9 Å². The summed E-state index contributed by atoms with van der Waals surface area (Å²) in [5.74, 6) is -1.64. The van der Waals surface area contributed by atoms with Crippen LogP contribution in [0.25, 0.3) is 11.1 Å². The highest BCUT2D eigenvalue weighted by molar-refractivity contribution is 5.92. The first kappa shape index (κ1) is 15.3. The molecule has 2 rings (SSSR count). The summed E-state index contributed by atoms with van der Waals surface area (Å²) in [5.41, 5.74) is 0.310. The molecule has 0 unspecified atom stereocenters. The van der Waals surface area contributed by atoms with E-state index in [4.69, 9.17) is 19.7 Å². The molecule has 2 aromatic rings. The van der Waals surface area contributed by atoms with Gasteiger partial charge in [0, 0.05) is 0 Å². The first-order valence-corrected chi connectivity index (χ1v) is 6.17. The van der Waals surface area contributed by atoms with Gasteiger partial charge in [-0.15, -0.1) is 0 Å². The number of carboxylic acid groups (broad SMARTS) is 2. The van der Waals surface area contributed by atoms with E-state index in [2.05, 4.69) is 4.98 Å². The van der Waals surface area contributed by atoms with Gasteiger partial charge in [-0.3, -0.25) is 0 Å². The van der Waals surface area contributed by atoms with Crippen LogP contribution in [0.15, 0.2) is 30.3 Å². The zero-order valence-corrected chi connectivity index (χ0v) is 11.9. The molecule has 0 radical (unpaired) electrons. The van der Waals surface area contributed by atoms with Gasteiger partial charge in [0.25, 0.3) is 0 Å². The summed E-state index contributed by atoms with van der Waals surface area (Å²) in [6.07, 6.45) is 0. The molecule has 0 saturated heterocycles. The summed E-state index contributed by atoms with van der Waals surface area (Å²) in [4.78, 5) is 25.7. The number of carboxylic acids is 2. The third kappa shape index (κ3) is 2.98. The molecular formula is C15H13NO6. The standard InChI is InChI=1S/C15H13NO6/c1-21-12-4-3-8(7-13(12)22-2)9-5-10(14(17)18)16-11(6-9)15(19)20/h3-7H,1-2H3,(H,17,18)(H,19,20). The van der Waals surface area contributed by atoms with Crippen LogP contribution in [0.3, 0.4) is 0 Å². The summed E-state index contributed by atoms with van der Waals surface area (Å²) < 4.78 is 10.3. The Balaban J connectivity index is 2.61.